The average Bonchev–Trinajstić information content (AvgIpc) is 2.34. The summed E-state index contributed by atoms with van der Waals surface area (Å²) in [5, 5.41) is 9.18. The van der Waals surface area contributed by atoms with E-state index in [1.54, 1.807) is 6.07 Å². The lowest BCUT2D eigenvalue weighted by Crippen LogP contribution is -2.11. The van der Waals surface area contributed by atoms with E-state index in [9.17, 15) is 9.90 Å². The van der Waals surface area contributed by atoms with Crippen molar-refractivity contribution in [3.8, 4) is 0 Å². The highest BCUT2D eigenvalue weighted by Crippen LogP contribution is 2.20. The highest BCUT2D eigenvalue weighted by atomic mass is 16.4. The van der Waals surface area contributed by atoms with Crippen LogP contribution in [-0.4, -0.2) is 25.2 Å². The Hall–Kier alpha value is -1.51. The summed E-state index contributed by atoms with van der Waals surface area (Å²) in [7, 11) is 3.94. The molecule has 0 bridgehead atoms. The number of nitrogens with zero attached hydrogens (tertiary/aromatic N) is 1. The van der Waals surface area contributed by atoms with E-state index in [0.717, 1.165) is 24.1 Å². The number of hydrogen-bond donors (Lipinski definition) is 1. The molecule has 3 heteroatoms. The molecule has 100 valence electrons. The van der Waals surface area contributed by atoms with Crippen LogP contribution in [0.1, 0.15) is 48.5 Å². The number of benzene rings is 1. The number of hydrogen-bond acceptors (Lipinski definition) is 2. The molecule has 0 saturated heterocycles. The number of anilines is 1. The maximum absolute atomic E-state index is 11.2. The van der Waals surface area contributed by atoms with Gasteiger partial charge in [-0.15, -0.1) is 0 Å². The molecule has 0 atom stereocenters. The van der Waals surface area contributed by atoms with Gasteiger partial charge in [-0.05, 0) is 36.6 Å². The van der Waals surface area contributed by atoms with Crippen LogP contribution in [0, 0.1) is 0 Å². The van der Waals surface area contributed by atoms with Gasteiger partial charge in [-0.25, -0.2) is 4.79 Å². The van der Waals surface area contributed by atoms with Crippen LogP contribution < -0.4 is 4.90 Å². The van der Waals surface area contributed by atoms with Gasteiger partial charge in [0.15, 0.2) is 0 Å². The van der Waals surface area contributed by atoms with Gasteiger partial charge >= 0.3 is 5.97 Å². The van der Waals surface area contributed by atoms with Gasteiger partial charge in [0.2, 0.25) is 0 Å². The predicted octanol–water partition coefficient (Wildman–Crippen LogP) is 3.57. The number of unbranched alkanes of at least 4 members (excludes halogenated alkanes) is 3. The van der Waals surface area contributed by atoms with Crippen molar-refractivity contribution in [3.05, 3.63) is 29.3 Å². The normalized spacial score (nSPS) is 10.4. The molecule has 0 aliphatic heterocycles. The van der Waals surface area contributed by atoms with E-state index in [-0.39, 0.29) is 0 Å². The van der Waals surface area contributed by atoms with Crippen LogP contribution in [0.2, 0.25) is 0 Å². The first-order chi connectivity index (χ1) is 8.56. The van der Waals surface area contributed by atoms with E-state index in [2.05, 4.69) is 6.92 Å². The maximum Gasteiger partial charge on any atom is 0.335 e. The standard InChI is InChI=1S/C15H23NO2/c1-4-5-6-7-8-12-11-13(16(2)3)9-10-14(12)15(17)18/h9-11H,4-8H2,1-3H3,(H,17,18). The Morgan fingerprint density at radius 2 is 1.94 bits per heavy atom. The van der Waals surface area contributed by atoms with Crippen molar-refractivity contribution in [1.82, 2.24) is 0 Å². The summed E-state index contributed by atoms with van der Waals surface area (Å²) < 4.78 is 0. The molecular weight excluding hydrogens is 226 g/mol. The molecule has 0 radical (unpaired) electrons. The van der Waals surface area contributed by atoms with Crippen LogP contribution in [0.3, 0.4) is 0 Å². The van der Waals surface area contributed by atoms with Crippen molar-refractivity contribution in [2.24, 2.45) is 0 Å². The molecule has 0 heterocycles. The number of carbonyl (C=O) groups is 1. The first kappa shape index (κ1) is 14.6. The Morgan fingerprint density at radius 3 is 2.50 bits per heavy atom. The molecule has 0 aromatic heterocycles. The summed E-state index contributed by atoms with van der Waals surface area (Å²) in [6.45, 7) is 2.18. The molecule has 0 aliphatic rings. The quantitative estimate of drug-likeness (QED) is 0.751. The zero-order valence-electron chi connectivity index (χ0n) is 11.6. The lowest BCUT2D eigenvalue weighted by atomic mass is 10.00. The lowest BCUT2D eigenvalue weighted by molar-refractivity contribution is 0.0695. The maximum atomic E-state index is 11.2. The zero-order chi connectivity index (χ0) is 13.5. The van der Waals surface area contributed by atoms with Crippen LogP contribution in [0.25, 0.3) is 0 Å². The first-order valence-corrected chi connectivity index (χ1v) is 6.59. The first-order valence-electron chi connectivity index (χ1n) is 6.59. The van der Waals surface area contributed by atoms with E-state index >= 15 is 0 Å². The Balaban J connectivity index is 2.83. The summed E-state index contributed by atoms with van der Waals surface area (Å²) in [4.78, 5) is 13.2. The molecule has 3 nitrogen and oxygen atoms in total. The third-order valence-electron chi connectivity index (χ3n) is 3.14. The molecule has 1 aromatic carbocycles. The van der Waals surface area contributed by atoms with E-state index < -0.39 is 5.97 Å². The third kappa shape index (κ3) is 4.06. The van der Waals surface area contributed by atoms with Gasteiger partial charge in [0.25, 0.3) is 0 Å². The highest BCUT2D eigenvalue weighted by Gasteiger charge is 2.11. The van der Waals surface area contributed by atoms with Gasteiger partial charge in [-0.1, -0.05) is 26.2 Å². The largest absolute Gasteiger partial charge is 0.478 e. The van der Waals surface area contributed by atoms with Crippen molar-refractivity contribution in [2.45, 2.75) is 39.0 Å². The Kier molecular flexibility index (Phi) is 5.69. The van der Waals surface area contributed by atoms with Crippen LogP contribution >= 0.6 is 0 Å². The summed E-state index contributed by atoms with van der Waals surface area (Å²) in [5.74, 6) is -0.828. The minimum Gasteiger partial charge on any atom is -0.478 e. The van der Waals surface area contributed by atoms with Gasteiger partial charge in [0.1, 0.15) is 0 Å². The lowest BCUT2D eigenvalue weighted by Gasteiger charge is -2.15. The van der Waals surface area contributed by atoms with Gasteiger partial charge in [0.05, 0.1) is 5.56 Å². The fourth-order valence-corrected chi connectivity index (χ4v) is 2.02. The summed E-state index contributed by atoms with van der Waals surface area (Å²) >= 11 is 0. The van der Waals surface area contributed by atoms with Crippen molar-refractivity contribution >= 4 is 11.7 Å². The molecule has 0 fully saturated rings. The fraction of sp³-hybridized carbons (Fsp3) is 0.533. The van der Waals surface area contributed by atoms with E-state index in [0.29, 0.717) is 5.56 Å². The molecule has 0 amide bonds. The van der Waals surface area contributed by atoms with Crippen molar-refractivity contribution < 1.29 is 9.90 Å². The molecule has 0 saturated carbocycles. The Morgan fingerprint density at radius 1 is 1.22 bits per heavy atom. The molecule has 0 aliphatic carbocycles. The van der Waals surface area contributed by atoms with E-state index in [1.807, 2.05) is 31.1 Å². The smallest absolute Gasteiger partial charge is 0.335 e. The number of carboxylic acid groups (broad SMARTS) is 1. The average molecular weight is 249 g/mol. The van der Waals surface area contributed by atoms with Gasteiger partial charge in [-0.3, -0.25) is 0 Å². The predicted molar refractivity (Wildman–Crippen MR) is 75.6 cm³/mol. The Labute approximate surface area is 109 Å². The van der Waals surface area contributed by atoms with Crippen molar-refractivity contribution in [3.63, 3.8) is 0 Å². The number of aromatic carboxylic acids is 1. The third-order valence-corrected chi connectivity index (χ3v) is 3.14. The number of aryl methyl sites for hydroxylation is 1. The molecule has 1 rings (SSSR count). The monoisotopic (exact) mass is 249 g/mol. The van der Waals surface area contributed by atoms with E-state index in [4.69, 9.17) is 0 Å². The minimum absolute atomic E-state index is 0.442. The Bertz CT molecular complexity index is 399. The molecular formula is C15H23NO2. The molecule has 0 unspecified atom stereocenters. The second-order valence-electron chi connectivity index (χ2n) is 4.85. The molecule has 1 aromatic rings. The van der Waals surface area contributed by atoms with Crippen LogP contribution in [0.15, 0.2) is 18.2 Å². The van der Waals surface area contributed by atoms with Gasteiger partial charge < -0.3 is 10.0 Å². The van der Waals surface area contributed by atoms with Gasteiger partial charge in [-0.2, -0.15) is 0 Å². The van der Waals surface area contributed by atoms with Crippen LogP contribution in [-0.2, 0) is 6.42 Å². The molecule has 0 spiro atoms. The van der Waals surface area contributed by atoms with Crippen molar-refractivity contribution in [2.75, 3.05) is 19.0 Å². The summed E-state index contributed by atoms with van der Waals surface area (Å²) in [6, 6.07) is 5.57. The zero-order valence-corrected chi connectivity index (χ0v) is 11.6. The summed E-state index contributed by atoms with van der Waals surface area (Å²) in [5.41, 5.74) is 2.45. The molecule has 18 heavy (non-hydrogen) atoms. The van der Waals surface area contributed by atoms with Crippen LogP contribution in [0.4, 0.5) is 5.69 Å². The van der Waals surface area contributed by atoms with Crippen molar-refractivity contribution in [1.29, 1.82) is 0 Å². The molecule has 1 N–H and O–H groups in total. The number of carboxylic acids is 1. The second kappa shape index (κ2) is 7.04. The topological polar surface area (TPSA) is 40.5 Å². The van der Waals surface area contributed by atoms with Gasteiger partial charge in [0, 0.05) is 19.8 Å². The van der Waals surface area contributed by atoms with E-state index in [1.165, 1.54) is 19.3 Å². The van der Waals surface area contributed by atoms with Crippen LogP contribution in [0.5, 0.6) is 0 Å². The number of rotatable bonds is 7. The second-order valence-corrected chi connectivity index (χ2v) is 4.85. The highest BCUT2D eigenvalue weighted by molar-refractivity contribution is 5.90. The minimum atomic E-state index is -0.828. The SMILES string of the molecule is CCCCCCc1cc(N(C)C)ccc1C(=O)O. The fourth-order valence-electron chi connectivity index (χ4n) is 2.02. The summed E-state index contributed by atoms with van der Waals surface area (Å²) in [6.07, 6.45) is 5.50.